The van der Waals surface area contributed by atoms with Crippen molar-refractivity contribution in [2.24, 2.45) is 0 Å². The molecule has 0 unspecified atom stereocenters. The van der Waals surface area contributed by atoms with Crippen molar-refractivity contribution in [2.75, 3.05) is 20.8 Å². The molecule has 0 radical (unpaired) electrons. The molecule has 12 nitrogen and oxygen atoms in total. The predicted molar refractivity (Wildman–Crippen MR) is 136 cm³/mol. The number of hydrogen-bond acceptors (Lipinski definition) is 12. The van der Waals surface area contributed by atoms with Gasteiger partial charge in [-0.2, -0.15) is 0 Å². The van der Waals surface area contributed by atoms with Gasteiger partial charge in [0.2, 0.25) is 12.5 Å². The Balaban J connectivity index is 1.89. The summed E-state index contributed by atoms with van der Waals surface area (Å²) in [5, 5.41) is 0. The molecule has 1 heterocycles. The van der Waals surface area contributed by atoms with Crippen LogP contribution < -0.4 is 4.74 Å². The van der Waals surface area contributed by atoms with Crippen molar-refractivity contribution in [3.8, 4) is 16.9 Å². The highest BCUT2D eigenvalue weighted by Gasteiger charge is 2.52. The minimum atomic E-state index is -2.10. The zero-order valence-corrected chi connectivity index (χ0v) is 22.9. The Kier molecular flexibility index (Phi) is 10.4. The summed E-state index contributed by atoms with van der Waals surface area (Å²) < 4.78 is 51.7. The third-order valence-electron chi connectivity index (χ3n) is 5.84. The monoisotopic (exact) mass is 576 g/mol. The molecule has 0 aliphatic carbocycles. The van der Waals surface area contributed by atoms with Gasteiger partial charge in [-0.1, -0.05) is 12.1 Å². The number of ether oxygens (including phenoxy) is 7. The lowest BCUT2D eigenvalue weighted by Crippen LogP contribution is -2.61. The van der Waals surface area contributed by atoms with Gasteiger partial charge < -0.3 is 33.2 Å². The molecule has 1 fully saturated rings. The summed E-state index contributed by atoms with van der Waals surface area (Å²) in [5.74, 6) is -3.47. The SMILES string of the molecule is COC(=O)c1cc(C(=O)OC)cc(-c2ccc(O[C@H]3O[C@H](COC(C)=O)[C@@H](OC(C)=O)[C@H](OC(C)=O)[C@@H]3F)cc2)c1. The van der Waals surface area contributed by atoms with E-state index in [-0.39, 0.29) is 16.9 Å². The number of carbonyl (C=O) groups is 5. The van der Waals surface area contributed by atoms with E-state index in [1.54, 1.807) is 12.1 Å². The Labute approximate surface area is 234 Å². The second kappa shape index (κ2) is 13.7. The van der Waals surface area contributed by atoms with Gasteiger partial charge in [0.15, 0.2) is 12.2 Å². The Bertz CT molecular complexity index is 1260. The number of methoxy groups -OCH3 is 2. The maximum absolute atomic E-state index is 15.6. The number of carbonyl (C=O) groups excluding carboxylic acids is 5. The largest absolute Gasteiger partial charge is 0.465 e. The second-order valence-electron chi connectivity index (χ2n) is 8.86. The molecule has 3 rings (SSSR count). The first-order chi connectivity index (χ1) is 19.4. The molecule has 5 atom stereocenters. The van der Waals surface area contributed by atoms with E-state index in [0.717, 1.165) is 20.8 Å². The molecule has 0 bridgehead atoms. The summed E-state index contributed by atoms with van der Waals surface area (Å²) in [6.45, 7) is 2.86. The molecule has 1 aliphatic rings. The number of halogens is 1. The van der Waals surface area contributed by atoms with Crippen molar-refractivity contribution in [3.63, 3.8) is 0 Å². The summed E-state index contributed by atoms with van der Waals surface area (Å²) in [6, 6.07) is 10.5. The maximum atomic E-state index is 15.6. The van der Waals surface area contributed by atoms with Gasteiger partial charge in [0.05, 0.1) is 25.3 Å². The minimum Gasteiger partial charge on any atom is -0.465 e. The van der Waals surface area contributed by atoms with Crippen LogP contribution in [0, 0.1) is 0 Å². The second-order valence-corrected chi connectivity index (χ2v) is 8.86. The fourth-order valence-corrected chi connectivity index (χ4v) is 4.08. The quantitative estimate of drug-likeness (QED) is 0.319. The smallest absolute Gasteiger partial charge is 0.337 e. The van der Waals surface area contributed by atoms with Crippen LogP contribution in [0.2, 0.25) is 0 Å². The van der Waals surface area contributed by atoms with E-state index >= 15 is 4.39 Å². The van der Waals surface area contributed by atoms with Gasteiger partial charge in [0, 0.05) is 20.8 Å². The Morgan fingerprint density at radius 1 is 0.756 bits per heavy atom. The molecule has 1 saturated heterocycles. The molecule has 2 aromatic carbocycles. The van der Waals surface area contributed by atoms with E-state index in [0.29, 0.717) is 11.1 Å². The van der Waals surface area contributed by atoms with E-state index in [2.05, 4.69) is 0 Å². The zero-order valence-electron chi connectivity index (χ0n) is 22.9. The molecular weight excluding hydrogens is 547 g/mol. The molecule has 0 aromatic heterocycles. The van der Waals surface area contributed by atoms with Crippen molar-refractivity contribution in [1.29, 1.82) is 0 Å². The predicted octanol–water partition coefficient (Wildman–Crippen LogP) is 2.80. The highest BCUT2D eigenvalue weighted by Crippen LogP contribution is 2.32. The van der Waals surface area contributed by atoms with Crippen molar-refractivity contribution in [3.05, 3.63) is 53.6 Å². The Morgan fingerprint density at radius 3 is 1.78 bits per heavy atom. The molecule has 13 heteroatoms. The molecule has 41 heavy (non-hydrogen) atoms. The standard InChI is InChI=1S/C28H29FO12/c1-14(30)37-13-22-24(38-15(2)31)25(39-16(3)32)23(29)28(41-22)40-21-8-6-17(7-9-21)18-10-19(26(33)35-4)12-20(11-18)27(34)36-5/h6-12,22-25,28H,13H2,1-5H3/t22-,23+,24-,25-,28+/m1/s1. The van der Waals surface area contributed by atoms with Crippen LogP contribution in [0.15, 0.2) is 42.5 Å². The summed E-state index contributed by atoms with van der Waals surface area (Å²) in [4.78, 5) is 59.0. The van der Waals surface area contributed by atoms with E-state index in [9.17, 15) is 24.0 Å². The van der Waals surface area contributed by atoms with Crippen LogP contribution in [-0.2, 0) is 42.8 Å². The average molecular weight is 577 g/mol. The van der Waals surface area contributed by atoms with Crippen molar-refractivity contribution in [2.45, 2.75) is 51.5 Å². The molecule has 0 N–H and O–H groups in total. The van der Waals surface area contributed by atoms with E-state index in [4.69, 9.17) is 33.2 Å². The molecule has 2 aromatic rings. The molecule has 1 aliphatic heterocycles. The highest BCUT2D eigenvalue weighted by atomic mass is 19.1. The number of hydrogen-bond donors (Lipinski definition) is 0. The zero-order chi connectivity index (χ0) is 30.3. The van der Waals surface area contributed by atoms with Crippen LogP contribution in [0.4, 0.5) is 4.39 Å². The van der Waals surface area contributed by atoms with E-state index < -0.39 is 67.2 Å². The van der Waals surface area contributed by atoms with Gasteiger partial charge in [-0.3, -0.25) is 14.4 Å². The lowest BCUT2D eigenvalue weighted by Gasteiger charge is -2.41. The molecule has 0 saturated carbocycles. The average Bonchev–Trinajstić information content (AvgIpc) is 2.94. The summed E-state index contributed by atoms with van der Waals surface area (Å²) in [6.07, 6.45) is -8.00. The van der Waals surface area contributed by atoms with Crippen LogP contribution in [0.1, 0.15) is 41.5 Å². The topological polar surface area (TPSA) is 150 Å². The molecule has 0 spiro atoms. The number of alkyl halides is 1. The van der Waals surface area contributed by atoms with Crippen LogP contribution in [0.25, 0.3) is 11.1 Å². The van der Waals surface area contributed by atoms with Crippen molar-refractivity contribution in [1.82, 2.24) is 0 Å². The van der Waals surface area contributed by atoms with Crippen LogP contribution in [-0.4, -0.2) is 81.4 Å². The lowest BCUT2D eigenvalue weighted by atomic mass is 9.99. The van der Waals surface area contributed by atoms with Gasteiger partial charge in [-0.25, -0.2) is 14.0 Å². The Hall–Kier alpha value is -4.52. The van der Waals surface area contributed by atoms with Gasteiger partial charge in [0.25, 0.3) is 0 Å². The van der Waals surface area contributed by atoms with Gasteiger partial charge in [-0.05, 0) is 41.5 Å². The summed E-state index contributed by atoms with van der Waals surface area (Å²) >= 11 is 0. The fourth-order valence-electron chi connectivity index (χ4n) is 4.08. The number of rotatable bonds is 9. The van der Waals surface area contributed by atoms with E-state index in [1.165, 1.54) is 44.6 Å². The summed E-state index contributed by atoms with van der Waals surface area (Å²) in [5.41, 5.74) is 1.30. The van der Waals surface area contributed by atoms with E-state index in [1.807, 2.05) is 0 Å². The van der Waals surface area contributed by atoms with Crippen LogP contribution in [0.3, 0.4) is 0 Å². The maximum Gasteiger partial charge on any atom is 0.337 e. The molecular formula is C28H29FO12. The molecule has 220 valence electrons. The first-order valence-electron chi connectivity index (χ1n) is 12.3. The van der Waals surface area contributed by atoms with Gasteiger partial charge in [0.1, 0.15) is 18.5 Å². The molecule has 0 amide bonds. The van der Waals surface area contributed by atoms with Crippen LogP contribution in [0.5, 0.6) is 5.75 Å². The highest BCUT2D eigenvalue weighted by molar-refractivity contribution is 5.97. The van der Waals surface area contributed by atoms with Gasteiger partial charge >= 0.3 is 29.8 Å². The third-order valence-corrected chi connectivity index (χ3v) is 5.84. The first-order valence-corrected chi connectivity index (χ1v) is 12.3. The Morgan fingerprint density at radius 2 is 1.29 bits per heavy atom. The fraction of sp³-hybridized carbons (Fsp3) is 0.393. The van der Waals surface area contributed by atoms with Crippen LogP contribution >= 0.6 is 0 Å². The van der Waals surface area contributed by atoms with Crippen molar-refractivity contribution >= 4 is 29.8 Å². The minimum absolute atomic E-state index is 0.124. The van der Waals surface area contributed by atoms with Gasteiger partial charge in [-0.15, -0.1) is 0 Å². The lowest BCUT2D eigenvalue weighted by molar-refractivity contribution is -0.271. The third kappa shape index (κ3) is 8.01. The number of esters is 5. The summed E-state index contributed by atoms with van der Waals surface area (Å²) in [7, 11) is 2.42. The first kappa shape index (κ1) is 31.0. The normalized spacial score (nSPS) is 21.7. The van der Waals surface area contributed by atoms with Crippen molar-refractivity contribution < 1.29 is 61.5 Å². The number of benzene rings is 2.